The molecule has 12 heteroatoms. The molecule has 2 saturated heterocycles. The van der Waals surface area contributed by atoms with Crippen LogP contribution in [-0.2, 0) is 21.1 Å². The van der Waals surface area contributed by atoms with Crippen LogP contribution in [0.15, 0.2) is 47.4 Å². The Hall–Kier alpha value is -3.40. The zero-order valence-electron chi connectivity index (χ0n) is 25.5. The Morgan fingerprint density at radius 3 is 2.42 bits per heavy atom. The molecule has 1 saturated carbocycles. The molecular formula is C33H39F3N4O4S. The van der Waals surface area contributed by atoms with Gasteiger partial charge in [0.05, 0.1) is 48.7 Å². The summed E-state index contributed by atoms with van der Waals surface area (Å²) in [4.78, 5) is 2.77. The van der Waals surface area contributed by atoms with Crippen LogP contribution in [-0.4, -0.2) is 82.4 Å². The predicted octanol–water partition coefficient (Wildman–Crippen LogP) is 5.38. The summed E-state index contributed by atoms with van der Waals surface area (Å²) < 4.78 is 77.0. The Balaban J connectivity index is 1.16. The van der Waals surface area contributed by atoms with E-state index in [1.165, 1.54) is 23.8 Å². The van der Waals surface area contributed by atoms with Gasteiger partial charge in [-0.2, -0.15) is 13.2 Å². The molecule has 3 heterocycles. The van der Waals surface area contributed by atoms with Gasteiger partial charge in [0, 0.05) is 60.4 Å². The Bertz CT molecular complexity index is 1690. The maximum absolute atomic E-state index is 13.7. The van der Waals surface area contributed by atoms with Gasteiger partial charge in [-0.3, -0.25) is 4.90 Å². The summed E-state index contributed by atoms with van der Waals surface area (Å²) in [6, 6.07) is 12.5. The molecule has 1 aliphatic carbocycles. The highest BCUT2D eigenvalue weighted by molar-refractivity contribution is 7.90. The maximum Gasteiger partial charge on any atom is 0.406 e. The second-order valence-electron chi connectivity index (χ2n) is 12.4. The molecule has 3 fully saturated rings. The predicted molar refractivity (Wildman–Crippen MR) is 169 cm³/mol. The molecule has 0 bridgehead atoms. The summed E-state index contributed by atoms with van der Waals surface area (Å²) in [7, 11) is -1.98. The SMILES string of the molecule is COc1cc(S(C)(=O)=O)ccc1NCC#Cc1cc2c(NC3CCC(N4CC5COCC5C4)CC3)cccc2n1CC(F)(F)F. The van der Waals surface area contributed by atoms with E-state index in [4.69, 9.17) is 9.47 Å². The van der Waals surface area contributed by atoms with Crippen molar-refractivity contribution in [3.8, 4) is 17.6 Å². The van der Waals surface area contributed by atoms with Crippen molar-refractivity contribution in [1.29, 1.82) is 0 Å². The number of sulfone groups is 1. The van der Waals surface area contributed by atoms with E-state index in [1.54, 1.807) is 24.3 Å². The summed E-state index contributed by atoms with van der Waals surface area (Å²) in [5.41, 5.74) is 2.09. The summed E-state index contributed by atoms with van der Waals surface area (Å²) in [5, 5.41) is 7.43. The molecule has 0 radical (unpaired) electrons. The van der Waals surface area contributed by atoms with Crippen molar-refractivity contribution < 1.29 is 31.1 Å². The van der Waals surface area contributed by atoms with Crippen LogP contribution in [0.4, 0.5) is 24.5 Å². The van der Waals surface area contributed by atoms with Crippen LogP contribution in [0.1, 0.15) is 31.4 Å². The van der Waals surface area contributed by atoms with Crippen molar-refractivity contribution in [2.75, 3.05) is 56.8 Å². The third kappa shape index (κ3) is 7.21. The molecule has 2 aliphatic heterocycles. The van der Waals surface area contributed by atoms with Crippen LogP contribution in [0.2, 0.25) is 0 Å². The van der Waals surface area contributed by atoms with E-state index in [1.807, 2.05) is 6.07 Å². The molecule has 3 aromatic rings. The average Bonchev–Trinajstić information content (AvgIpc) is 3.69. The molecular weight excluding hydrogens is 605 g/mol. The minimum Gasteiger partial charge on any atom is -0.495 e. The average molecular weight is 645 g/mol. The number of alkyl halides is 3. The van der Waals surface area contributed by atoms with Gasteiger partial charge in [0.25, 0.3) is 0 Å². The van der Waals surface area contributed by atoms with Crippen molar-refractivity contribution in [1.82, 2.24) is 9.47 Å². The standard InChI is InChI=1S/C33H39F3N4O4S/c1-43-32-16-27(45(2,41)42)12-13-30(32)37-14-4-5-26-15-28-29(6-3-7-31(28)40(26)21-33(34,35)36)38-24-8-10-25(11-9-24)39-17-22-19-44-20-23(22)18-39/h3,6-7,12-13,15-16,22-25,37-38H,8-11,14,17-21H2,1-2H3. The Morgan fingerprint density at radius 1 is 1.02 bits per heavy atom. The fourth-order valence-electron chi connectivity index (χ4n) is 7.01. The van der Waals surface area contributed by atoms with Crippen LogP contribution >= 0.6 is 0 Å². The molecule has 8 nitrogen and oxygen atoms in total. The molecule has 2 atom stereocenters. The molecule has 2 aromatic carbocycles. The third-order valence-corrected chi connectivity index (χ3v) is 10.4. The highest BCUT2D eigenvalue weighted by Gasteiger charge is 2.40. The quantitative estimate of drug-likeness (QED) is 0.319. The Kier molecular flexibility index (Phi) is 8.96. The fraction of sp³-hybridized carbons (Fsp3) is 0.515. The van der Waals surface area contributed by atoms with Gasteiger partial charge < -0.3 is 24.7 Å². The molecule has 0 spiro atoms. The summed E-state index contributed by atoms with van der Waals surface area (Å²) in [5.74, 6) is 7.52. The third-order valence-electron chi connectivity index (χ3n) is 9.31. The van der Waals surface area contributed by atoms with Gasteiger partial charge >= 0.3 is 6.18 Å². The van der Waals surface area contributed by atoms with Crippen LogP contribution in [0.5, 0.6) is 5.75 Å². The second-order valence-corrected chi connectivity index (χ2v) is 14.4. The first kappa shape index (κ1) is 31.6. The van der Waals surface area contributed by atoms with Gasteiger partial charge in [0.2, 0.25) is 0 Å². The normalized spacial score (nSPS) is 23.8. The first-order valence-corrected chi connectivity index (χ1v) is 17.3. The topological polar surface area (TPSA) is 84.8 Å². The second kappa shape index (κ2) is 12.8. The minimum atomic E-state index is -4.42. The number of methoxy groups -OCH3 is 1. The van der Waals surface area contributed by atoms with E-state index in [0.717, 1.165) is 63.9 Å². The lowest BCUT2D eigenvalue weighted by Gasteiger charge is -2.35. The van der Waals surface area contributed by atoms with Crippen molar-refractivity contribution in [3.05, 3.63) is 48.2 Å². The zero-order chi connectivity index (χ0) is 31.8. The van der Waals surface area contributed by atoms with Gasteiger partial charge in [0.15, 0.2) is 9.84 Å². The van der Waals surface area contributed by atoms with E-state index >= 15 is 0 Å². The molecule has 3 aliphatic rings. The van der Waals surface area contributed by atoms with Crippen LogP contribution in [0.25, 0.3) is 10.9 Å². The van der Waals surface area contributed by atoms with Crippen molar-refractivity contribution in [2.45, 2.75) is 55.4 Å². The van der Waals surface area contributed by atoms with E-state index in [2.05, 4.69) is 27.4 Å². The maximum atomic E-state index is 13.7. The van der Waals surface area contributed by atoms with E-state index in [9.17, 15) is 21.6 Å². The lowest BCUT2D eigenvalue weighted by Crippen LogP contribution is -2.40. The largest absolute Gasteiger partial charge is 0.495 e. The lowest BCUT2D eigenvalue weighted by atomic mass is 9.90. The molecule has 6 rings (SSSR count). The molecule has 242 valence electrons. The number of nitrogens with zero attached hydrogens (tertiary/aromatic N) is 2. The number of aromatic nitrogens is 1. The molecule has 45 heavy (non-hydrogen) atoms. The molecule has 2 unspecified atom stereocenters. The summed E-state index contributed by atoms with van der Waals surface area (Å²) >= 11 is 0. The number of hydrogen-bond donors (Lipinski definition) is 2. The van der Waals surface area contributed by atoms with Gasteiger partial charge in [-0.15, -0.1) is 0 Å². The first-order chi connectivity index (χ1) is 21.5. The van der Waals surface area contributed by atoms with Crippen molar-refractivity contribution >= 4 is 32.1 Å². The molecule has 2 N–H and O–H groups in total. The summed E-state index contributed by atoms with van der Waals surface area (Å²) in [6.45, 7) is 2.99. The zero-order valence-corrected chi connectivity index (χ0v) is 26.3. The highest BCUT2D eigenvalue weighted by Crippen LogP contribution is 2.36. The fourth-order valence-corrected chi connectivity index (χ4v) is 7.65. The lowest BCUT2D eigenvalue weighted by molar-refractivity contribution is -0.140. The van der Waals surface area contributed by atoms with Gasteiger partial charge in [-0.1, -0.05) is 12.0 Å². The molecule has 1 aromatic heterocycles. The Labute approximate surface area is 262 Å². The number of fused-ring (bicyclic) bond motifs is 2. The van der Waals surface area contributed by atoms with Crippen LogP contribution in [0, 0.1) is 23.7 Å². The number of anilines is 2. The monoisotopic (exact) mass is 644 g/mol. The molecule has 0 amide bonds. The number of halogens is 3. The smallest absolute Gasteiger partial charge is 0.406 e. The number of likely N-dealkylation sites (tertiary alicyclic amines) is 1. The number of benzene rings is 2. The van der Waals surface area contributed by atoms with Crippen LogP contribution in [0.3, 0.4) is 0 Å². The Morgan fingerprint density at radius 2 is 1.76 bits per heavy atom. The van der Waals surface area contributed by atoms with Crippen molar-refractivity contribution in [3.63, 3.8) is 0 Å². The highest BCUT2D eigenvalue weighted by atomic mass is 32.2. The van der Waals surface area contributed by atoms with Crippen molar-refractivity contribution in [2.24, 2.45) is 11.8 Å². The number of rotatable bonds is 8. The minimum absolute atomic E-state index is 0.113. The number of ether oxygens (including phenoxy) is 2. The van der Waals surface area contributed by atoms with Gasteiger partial charge in [0.1, 0.15) is 12.3 Å². The first-order valence-electron chi connectivity index (χ1n) is 15.4. The number of nitrogens with one attached hydrogen (secondary N) is 2. The van der Waals surface area contributed by atoms with E-state index in [-0.39, 0.29) is 23.2 Å². The number of hydrogen-bond acceptors (Lipinski definition) is 7. The van der Waals surface area contributed by atoms with Gasteiger partial charge in [-0.25, -0.2) is 8.42 Å². The van der Waals surface area contributed by atoms with Crippen LogP contribution < -0.4 is 15.4 Å². The summed E-state index contributed by atoms with van der Waals surface area (Å²) in [6.07, 6.45) is 0.931. The van der Waals surface area contributed by atoms with Gasteiger partial charge in [-0.05, 0) is 61.9 Å². The van der Waals surface area contributed by atoms with E-state index < -0.39 is 22.6 Å². The van der Waals surface area contributed by atoms with E-state index in [0.29, 0.717) is 40.2 Å².